The highest BCUT2D eigenvalue weighted by molar-refractivity contribution is 6.05. The Labute approximate surface area is 120 Å². The smallest absolute Gasteiger partial charge is 0.304 e. The minimum absolute atomic E-state index is 0.00614. The Morgan fingerprint density at radius 1 is 1.43 bits per heavy atom. The van der Waals surface area contributed by atoms with Crippen LogP contribution in [0.3, 0.4) is 0 Å². The van der Waals surface area contributed by atoms with Crippen LogP contribution in [0.2, 0.25) is 0 Å². The predicted octanol–water partition coefficient (Wildman–Crippen LogP) is 1.33. The number of nitrogens with one attached hydrogen (secondary N) is 1. The number of benzene rings is 1. The maximum absolute atomic E-state index is 12.5. The molecule has 7 nitrogen and oxygen atoms in total. The lowest BCUT2D eigenvalue weighted by molar-refractivity contribution is -0.137. The zero-order chi connectivity index (χ0) is 15.0. The van der Waals surface area contributed by atoms with Crippen molar-refractivity contribution in [3.05, 3.63) is 41.5 Å². The van der Waals surface area contributed by atoms with Gasteiger partial charge in [0, 0.05) is 18.2 Å². The van der Waals surface area contributed by atoms with Gasteiger partial charge in [-0.2, -0.15) is 0 Å². The molecule has 0 saturated carbocycles. The minimum Gasteiger partial charge on any atom is -0.481 e. The summed E-state index contributed by atoms with van der Waals surface area (Å²) < 4.78 is 0. The molecule has 2 heterocycles. The van der Waals surface area contributed by atoms with Crippen LogP contribution in [0.4, 0.5) is 5.69 Å². The number of rotatable bonds is 3. The molecule has 0 bridgehead atoms. The van der Waals surface area contributed by atoms with Gasteiger partial charge in [0.25, 0.3) is 5.91 Å². The number of aryl methyl sites for hydroxylation is 1. The van der Waals surface area contributed by atoms with E-state index in [1.54, 1.807) is 11.8 Å². The molecule has 0 saturated heterocycles. The van der Waals surface area contributed by atoms with Gasteiger partial charge in [-0.05, 0) is 18.6 Å². The fourth-order valence-electron chi connectivity index (χ4n) is 2.63. The fraction of sp³-hybridized carbons (Fsp3) is 0.286. The molecule has 2 aromatic rings. The molecule has 0 fully saturated rings. The van der Waals surface area contributed by atoms with Crippen LogP contribution in [-0.2, 0) is 4.79 Å². The third-order valence-electron chi connectivity index (χ3n) is 3.53. The highest BCUT2D eigenvalue weighted by atomic mass is 16.4. The molecule has 21 heavy (non-hydrogen) atoms. The van der Waals surface area contributed by atoms with E-state index in [1.165, 1.54) is 0 Å². The van der Waals surface area contributed by atoms with Gasteiger partial charge in [0.1, 0.15) is 5.82 Å². The Morgan fingerprint density at radius 2 is 2.19 bits per heavy atom. The standard InChI is InChI=1S/C14H14N4O3/c1-8-15-13(17-16-8)14(21)18-7-9(6-12(19)20)10-4-2-3-5-11(10)18/h2-5,9H,6-7H2,1H3,(H,19,20)(H,15,16,17). The summed E-state index contributed by atoms with van der Waals surface area (Å²) in [4.78, 5) is 29.1. The van der Waals surface area contributed by atoms with Crippen LogP contribution in [0, 0.1) is 6.92 Å². The maximum atomic E-state index is 12.5. The van der Waals surface area contributed by atoms with Crippen LogP contribution in [-0.4, -0.2) is 38.7 Å². The molecule has 0 spiro atoms. The Hall–Kier alpha value is -2.70. The fourth-order valence-corrected chi connectivity index (χ4v) is 2.63. The van der Waals surface area contributed by atoms with Gasteiger partial charge in [0.2, 0.25) is 5.82 Å². The Balaban J connectivity index is 1.94. The number of fused-ring (bicyclic) bond motifs is 1. The number of aliphatic carboxylic acids is 1. The van der Waals surface area contributed by atoms with E-state index in [0.717, 1.165) is 11.3 Å². The van der Waals surface area contributed by atoms with Crippen molar-refractivity contribution >= 4 is 17.6 Å². The Bertz CT molecular complexity index is 710. The number of anilines is 1. The number of carboxylic acid groups (broad SMARTS) is 1. The summed E-state index contributed by atoms with van der Waals surface area (Å²) in [5.74, 6) is -0.744. The molecule has 1 aliphatic rings. The largest absolute Gasteiger partial charge is 0.481 e. The van der Waals surface area contributed by atoms with Crippen molar-refractivity contribution in [2.75, 3.05) is 11.4 Å². The summed E-state index contributed by atoms with van der Waals surface area (Å²) in [5.41, 5.74) is 1.61. The number of aromatic amines is 1. The number of hydrogen-bond acceptors (Lipinski definition) is 4. The summed E-state index contributed by atoms with van der Waals surface area (Å²) in [6.07, 6.45) is -0.00614. The molecule has 1 amide bonds. The zero-order valence-corrected chi connectivity index (χ0v) is 11.4. The van der Waals surface area contributed by atoms with Crippen LogP contribution in [0.5, 0.6) is 0 Å². The number of amides is 1. The number of carbonyl (C=O) groups is 2. The first-order valence-corrected chi connectivity index (χ1v) is 6.58. The van der Waals surface area contributed by atoms with Crippen molar-refractivity contribution in [1.82, 2.24) is 15.2 Å². The SMILES string of the molecule is Cc1nc(C(=O)N2CC(CC(=O)O)c3ccccc32)n[nH]1. The molecule has 1 unspecified atom stereocenters. The predicted molar refractivity (Wildman–Crippen MR) is 74.2 cm³/mol. The third kappa shape index (κ3) is 2.37. The van der Waals surface area contributed by atoms with Crippen molar-refractivity contribution in [3.8, 4) is 0 Å². The highest BCUT2D eigenvalue weighted by Crippen LogP contribution is 2.38. The third-order valence-corrected chi connectivity index (χ3v) is 3.53. The van der Waals surface area contributed by atoms with Crippen molar-refractivity contribution in [1.29, 1.82) is 0 Å². The normalized spacial score (nSPS) is 16.8. The van der Waals surface area contributed by atoms with Gasteiger partial charge >= 0.3 is 5.97 Å². The van der Waals surface area contributed by atoms with Crippen LogP contribution in [0.15, 0.2) is 24.3 Å². The minimum atomic E-state index is -0.877. The molecule has 1 aromatic carbocycles. The molecule has 108 valence electrons. The number of carboxylic acids is 1. The van der Waals surface area contributed by atoms with Crippen LogP contribution >= 0.6 is 0 Å². The number of H-pyrrole nitrogens is 1. The molecular formula is C14H14N4O3. The van der Waals surface area contributed by atoms with Crippen LogP contribution in [0.25, 0.3) is 0 Å². The van der Waals surface area contributed by atoms with Crippen molar-refractivity contribution in [2.45, 2.75) is 19.3 Å². The number of nitrogens with zero attached hydrogens (tertiary/aromatic N) is 3. The van der Waals surface area contributed by atoms with E-state index in [0.29, 0.717) is 12.4 Å². The zero-order valence-electron chi connectivity index (χ0n) is 11.4. The lowest BCUT2D eigenvalue weighted by atomic mass is 9.98. The molecule has 1 aromatic heterocycles. The number of aromatic nitrogens is 3. The second kappa shape index (κ2) is 5.01. The first kappa shape index (κ1) is 13.3. The Morgan fingerprint density at radius 3 is 2.86 bits per heavy atom. The number of para-hydroxylation sites is 1. The first-order chi connectivity index (χ1) is 10.1. The summed E-state index contributed by atoms with van der Waals surface area (Å²) in [6.45, 7) is 2.05. The molecular weight excluding hydrogens is 272 g/mol. The summed E-state index contributed by atoms with van der Waals surface area (Å²) in [5, 5.41) is 15.5. The van der Waals surface area contributed by atoms with Gasteiger partial charge < -0.3 is 10.0 Å². The van der Waals surface area contributed by atoms with Gasteiger partial charge in [-0.25, -0.2) is 4.98 Å². The van der Waals surface area contributed by atoms with E-state index < -0.39 is 5.97 Å². The van der Waals surface area contributed by atoms with E-state index in [9.17, 15) is 9.59 Å². The first-order valence-electron chi connectivity index (χ1n) is 6.58. The molecule has 1 aliphatic heterocycles. The van der Waals surface area contributed by atoms with E-state index in [2.05, 4.69) is 15.2 Å². The maximum Gasteiger partial charge on any atom is 0.304 e. The van der Waals surface area contributed by atoms with E-state index in [-0.39, 0.29) is 24.1 Å². The van der Waals surface area contributed by atoms with E-state index in [4.69, 9.17) is 5.11 Å². The van der Waals surface area contributed by atoms with Gasteiger partial charge in [0.15, 0.2) is 0 Å². The topological polar surface area (TPSA) is 99.2 Å². The van der Waals surface area contributed by atoms with Crippen LogP contribution < -0.4 is 4.90 Å². The summed E-state index contributed by atoms with van der Waals surface area (Å²) in [7, 11) is 0. The van der Waals surface area contributed by atoms with Gasteiger partial charge in [-0.1, -0.05) is 18.2 Å². The molecule has 1 atom stereocenters. The van der Waals surface area contributed by atoms with Crippen molar-refractivity contribution in [2.24, 2.45) is 0 Å². The molecule has 0 radical (unpaired) electrons. The molecule has 3 rings (SSSR count). The average molecular weight is 286 g/mol. The molecule has 7 heteroatoms. The van der Waals surface area contributed by atoms with Gasteiger partial charge in [-0.15, -0.1) is 5.10 Å². The van der Waals surface area contributed by atoms with Crippen LogP contribution in [0.1, 0.15) is 34.3 Å². The van der Waals surface area contributed by atoms with Crippen molar-refractivity contribution < 1.29 is 14.7 Å². The van der Waals surface area contributed by atoms with E-state index >= 15 is 0 Å². The second-order valence-corrected chi connectivity index (χ2v) is 5.01. The summed E-state index contributed by atoms with van der Waals surface area (Å²) in [6, 6.07) is 7.35. The second-order valence-electron chi connectivity index (χ2n) is 5.01. The quantitative estimate of drug-likeness (QED) is 0.886. The molecule has 2 N–H and O–H groups in total. The monoisotopic (exact) mass is 286 g/mol. The Kier molecular flexibility index (Phi) is 3.17. The lowest BCUT2D eigenvalue weighted by Gasteiger charge is -2.15. The average Bonchev–Trinajstić information content (AvgIpc) is 3.03. The highest BCUT2D eigenvalue weighted by Gasteiger charge is 2.34. The number of carbonyl (C=O) groups excluding carboxylic acids is 1. The van der Waals surface area contributed by atoms with E-state index in [1.807, 2.05) is 24.3 Å². The number of hydrogen-bond donors (Lipinski definition) is 2. The lowest BCUT2D eigenvalue weighted by Crippen LogP contribution is -2.31. The molecule has 0 aliphatic carbocycles. The summed E-state index contributed by atoms with van der Waals surface area (Å²) >= 11 is 0. The van der Waals surface area contributed by atoms with Gasteiger partial charge in [-0.3, -0.25) is 14.7 Å². The van der Waals surface area contributed by atoms with Crippen molar-refractivity contribution in [3.63, 3.8) is 0 Å². The van der Waals surface area contributed by atoms with Gasteiger partial charge in [0.05, 0.1) is 6.42 Å².